The molecule has 0 atom stereocenters. The van der Waals surface area contributed by atoms with Crippen LogP contribution in [0.15, 0.2) is 42.7 Å². The lowest BCUT2D eigenvalue weighted by atomic mass is 10.1. The van der Waals surface area contributed by atoms with E-state index in [9.17, 15) is 9.18 Å². The zero-order chi connectivity index (χ0) is 13.8. The van der Waals surface area contributed by atoms with Crippen LogP contribution in [0.1, 0.15) is 15.9 Å². The van der Waals surface area contributed by atoms with E-state index >= 15 is 0 Å². The van der Waals surface area contributed by atoms with Gasteiger partial charge in [0.15, 0.2) is 0 Å². The van der Waals surface area contributed by atoms with Crippen LogP contribution in [0.4, 0.5) is 10.1 Å². The number of anilines is 1. The Morgan fingerprint density at radius 1 is 1.32 bits per heavy atom. The van der Waals surface area contributed by atoms with Crippen molar-refractivity contribution in [1.82, 2.24) is 4.98 Å². The molecule has 98 valence electrons. The van der Waals surface area contributed by atoms with E-state index in [2.05, 4.69) is 4.98 Å². The summed E-state index contributed by atoms with van der Waals surface area (Å²) in [6.07, 6.45) is 2.86. The molecule has 0 saturated carbocycles. The van der Waals surface area contributed by atoms with E-state index in [0.717, 1.165) is 5.56 Å². The van der Waals surface area contributed by atoms with Crippen LogP contribution in [0.5, 0.6) is 0 Å². The monoisotopic (exact) mass is 260 g/mol. The van der Waals surface area contributed by atoms with Gasteiger partial charge in [-0.2, -0.15) is 0 Å². The van der Waals surface area contributed by atoms with Gasteiger partial charge in [0, 0.05) is 26.0 Å². The van der Waals surface area contributed by atoms with E-state index in [1.54, 1.807) is 36.3 Å². The van der Waals surface area contributed by atoms with Gasteiger partial charge in [0.05, 0.1) is 5.69 Å². The standard InChI is InChI=1S/C14H13FN2O2/c1-17(9-10-2-4-11(15)5-3-10)13-6-7-16-8-12(13)14(18)19/h2-8H,9H2,1H3,(H,18,19). The van der Waals surface area contributed by atoms with Gasteiger partial charge in [0.1, 0.15) is 11.4 Å². The average molecular weight is 260 g/mol. The molecule has 5 heteroatoms. The third-order valence-electron chi connectivity index (χ3n) is 2.77. The van der Waals surface area contributed by atoms with E-state index in [1.807, 2.05) is 0 Å². The Balaban J connectivity index is 2.22. The molecule has 0 radical (unpaired) electrons. The normalized spacial score (nSPS) is 10.2. The molecule has 0 aliphatic heterocycles. The zero-order valence-electron chi connectivity index (χ0n) is 10.4. The Labute approximate surface area is 110 Å². The Hall–Kier alpha value is -2.43. The summed E-state index contributed by atoms with van der Waals surface area (Å²) in [5.74, 6) is -1.31. The summed E-state index contributed by atoms with van der Waals surface area (Å²) < 4.78 is 12.8. The van der Waals surface area contributed by atoms with Gasteiger partial charge in [0.25, 0.3) is 0 Å². The van der Waals surface area contributed by atoms with Crippen molar-refractivity contribution in [2.45, 2.75) is 6.54 Å². The molecule has 0 aliphatic rings. The first kappa shape index (κ1) is 13.0. The third kappa shape index (κ3) is 3.07. The third-order valence-corrected chi connectivity index (χ3v) is 2.77. The number of hydrogen-bond donors (Lipinski definition) is 1. The Kier molecular flexibility index (Phi) is 3.75. The van der Waals surface area contributed by atoms with E-state index < -0.39 is 5.97 Å². The van der Waals surface area contributed by atoms with Gasteiger partial charge >= 0.3 is 5.97 Å². The predicted octanol–water partition coefficient (Wildman–Crippen LogP) is 2.56. The molecule has 0 aliphatic carbocycles. The highest BCUT2D eigenvalue weighted by atomic mass is 19.1. The molecule has 4 nitrogen and oxygen atoms in total. The minimum Gasteiger partial charge on any atom is -0.478 e. The van der Waals surface area contributed by atoms with Crippen LogP contribution >= 0.6 is 0 Å². The minimum atomic E-state index is -1.02. The van der Waals surface area contributed by atoms with Gasteiger partial charge in [-0.1, -0.05) is 12.1 Å². The number of halogens is 1. The molecule has 0 fully saturated rings. The lowest BCUT2D eigenvalue weighted by Crippen LogP contribution is -2.19. The van der Waals surface area contributed by atoms with Gasteiger partial charge in [-0.05, 0) is 23.8 Å². The summed E-state index contributed by atoms with van der Waals surface area (Å²) in [4.78, 5) is 16.7. The number of carbonyl (C=O) groups is 1. The van der Waals surface area contributed by atoms with Crippen LogP contribution in [-0.4, -0.2) is 23.1 Å². The van der Waals surface area contributed by atoms with Crippen LogP contribution < -0.4 is 4.90 Å². The van der Waals surface area contributed by atoms with Crippen molar-refractivity contribution >= 4 is 11.7 Å². The van der Waals surface area contributed by atoms with Gasteiger partial charge in [-0.3, -0.25) is 4.98 Å². The first-order chi connectivity index (χ1) is 9.08. The van der Waals surface area contributed by atoms with E-state index in [1.165, 1.54) is 18.3 Å². The second-order valence-electron chi connectivity index (χ2n) is 4.18. The molecule has 1 N–H and O–H groups in total. The van der Waals surface area contributed by atoms with Crippen LogP contribution in [0, 0.1) is 5.82 Å². The maximum absolute atomic E-state index is 12.8. The van der Waals surface area contributed by atoms with Gasteiger partial charge < -0.3 is 10.0 Å². The Morgan fingerprint density at radius 2 is 2.00 bits per heavy atom. The summed E-state index contributed by atoms with van der Waals surface area (Å²) in [6.45, 7) is 0.491. The first-order valence-electron chi connectivity index (χ1n) is 5.71. The lowest BCUT2D eigenvalue weighted by molar-refractivity contribution is 0.0697. The highest BCUT2D eigenvalue weighted by Gasteiger charge is 2.13. The summed E-state index contributed by atoms with van der Waals surface area (Å²) in [7, 11) is 1.78. The zero-order valence-corrected chi connectivity index (χ0v) is 10.4. The van der Waals surface area contributed by atoms with E-state index in [-0.39, 0.29) is 11.4 Å². The fraction of sp³-hybridized carbons (Fsp3) is 0.143. The van der Waals surface area contributed by atoms with Crippen LogP contribution in [0.2, 0.25) is 0 Å². The Bertz CT molecular complexity index is 584. The van der Waals surface area contributed by atoms with Crippen molar-refractivity contribution in [1.29, 1.82) is 0 Å². The van der Waals surface area contributed by atoms with Gasteiger partial charge in [0.2, 0.25) is 0 Å². The molecule has 0 unspecified atom stereocenters. The molecule has 1 aromatic carbocycles. The van der Waals surface area contributed by atoms with Crippen LogP contribution in [0.3, 0.4) is 0 Å². The molecule has 2 aromatic rings. The number of pyridine rings is 1. The minimum absolute atomic E-state index is 0.145. The molecule has 1 aromatic heterocycles. The quantitative estimate of drug-likeness (QED) is 0.917. The largest absolute Gasteiger partial charge is 0.478 e. The number of aromatic carboxylic acids is 1. The summed E-state index contributed by atoms with van der Waals surface area (Å²) in [5, 5.41) is 9.10. The molecule has 2 rings (SSSR count). The topological polar surface area (TPSA) is 53.4 Å². The number of hydrogen-bond acceptors (Lipinski definition) is 3. The number of benzene rings is 1. The molecule has 1 heterocycles. The van der Waals surface area contributed by atoms with Crippen LogP contribution in [0.25, 0.3) is 0 Å². The molecule has 0 amide bonds. The van der Waals surface area contributed by atoms with Crippen molar-refractivity contribution in [3.05, 3.63) is 59.7 Å². The maximum atomic E-state index is 12.8. The molecular formula is C14H13FN2O2. The fourth-order valence-corrected chi connectivity index (χ4v) is 1.83. The van der Waals surface area contributed by atoms with Crippen LogP contribution in [-0.2, 0) is 6.54 Å². The van der Waals surface area contributed by atoms with Crippen molar-refractivity contribution in [3.8, 4) is 0 Å². The molecule has 0 saturated heterocycles. The highest BCUT2D eigenvalue weighted by Crippen LogP contribution is 2.20. The number of nitrogens with zero attached hydrogens (tertiary/aromatic N) is 2. The molecular weight excluding hydrogens is 247 g/mol. The number of aromatic nitrogens is 1. The van der Waals surface area contributed by atoms with E-state index in [0.29, 0.717) is 12.2 Å². The second kappa shape index (κ2) is 5.48. The SMILES string of the molecule is CN(Cc1ccc(F)cc1)c1ccncc1C(=O)O. The van der Waals surface area contributed by atoms with Crippen molar-refractivity contribution < 1.29 is 14.3 Å². The summed E-state index contributed by atoms with van der Waals surface area (Å²) >= 11 is 0. The molecule has 0 bridgehead atoms. The number of rotatable bonds is 4. The van der Waals surface area contributed by atoms with E-state index in [4.69, 9.17) is 5.11 Å². The average Bonchev–Trinajstić information content (AvgIpc) is 2.41. The fourth-order valence-electron chi connectivity index (χ4n) is 1.83. The first-order valence-corrected chi connectivity index (χ1v) is 5.71. The summed E-state index contributed by atoms with van der Waals surface area (Å²) in [5.41, 5.74) is 1.62. The summed E-state index contributed by atoms with van der Waals surface area (Å²) in [6, 6.07) is 7.76. The molecule has 19 heavy (non-hydrogen) atoms. The molecule has 0 spiro atoms. The van der Waals surface area contributed by atoms with Gasteiger partial charge in [-0.15, -0.1) is 0 Å². The predicted molar refractivity (Wildman–Crippen MR) is 69.7 cm³/mol. The van der Waals surface area contributed by atoms with Crippen molar-refractivity contribution in [2.75, 3.05) is 11.9 Å². The Morgan fingerprint density at radius 3 is 2.63 bits per heavy atom. The number of carboxylic acids is 1. The van der Waals surface area contributed by atoms with Crippen molar-refractivity contribution in [2.24, 2.45) is 0 Å². The smallest absolute Gasteiger partial charge is 0.339 e. The number of carboxylic acid groups (broad SMARTS) is 1. The van der Waals surface area contributed by atoms with Crippen molar-refractivity contribution in [3.63, 3.8) is 0 Å². The highest BCUT2D eigenvalue weighted by molar-refractivity contribution is 5.93. The second-order valence-corrected chi connectivity index (χ2v) is 4.18. The maximum Gasteiger partial charge on any atom is 0.339 e. The van der Waals surface area contributed by atoms with Gasteiger partial charge in [-0.25, -0.2) is 9.18 Å². The lowest BCUT2D eigenvalue weighted by Gasteiger charge is -2.20.